The van der Waals surface area contributed by atoms with Crippen LogP contribution in [0.25, 0.3) is 0 Å². The fourth-order valence-electron chi connectivity index (χ4n) is 2.85. The van der Waals surface area contributed by atoms with Crippen LogP contribution in [0.2, 0.25) is 0 Å². The van der Waals surface area contributed by atoms with Crippen molar-refractivity contribution in [2.24, 2.45) is 5.73 Å². The summed E-state index contributed by atoms with van der Waals surface area (Å²) >= 11 is 0. The summed E-state index contributed by atoms with van der Waals surface area (Å²) in [5.74, 6) is -3.57. The van der Waals surface area contributed by atoms with Gasteiger partial charge in [-0.15, -0.1) is 0 Å². The smallest absolute Gasteiger partial charge is 0.325 e. The largest absolute Gasteiger partial charge is 0.480 e. The van der Waals surface area contributed by atoms with Crippen molar-refractivity contribution in [2.75, 3.05) is 0 Å². The number of hydrogen-bond acceptors (Lipinski definition) is 8. The van der Waals surface area contributed by atoms with E-state index in [0.29, 0.717) is 11.4 Å². The maximum absolute atomic E-state index is 12.9. The Bertz CT molecular complexity index is 930. The topological polar surface area (TPSA) is 228 Å². The van der Waals surface area contributed by atoms with Crippen molar-refractivity contribution in [1.82, 2.24) is 35.9 Å². The third-order valence-electron chi connectivity index (χ3n) is 4.74. The van der Waals surface area contributed by atoms with Gasteiger partial charge in [0.2, 0.25) is 17.7 Å². The fraction of sp³-hybridized carbons (Fsp3) is 0.474. The fourth-order valence-corrected chi connectivity index (χ4v) is 2.85. The predicted molar refractivity (Wildman–Crippen MR) is 113 cm³/mol. The molecule has 0 radical (unpaired) electrons. The molecule has 0 saturated heterocycles. The number of nitrogens with zero attached hydrogens (tertiary/aromatic N) is 2. The van der Waals surface area contributed by atoms with Gasteiger partial charge >= 0.3 is 5.97 Å². The molecule has 2 rings (SSSR count). The number of nitrogens with two attached hydrogens (primary N) is 1. The van der Waals surface area contributed by atoms with Crippen molar-refractivity contribution in [3.8, 4) is 0 Å². The van der Waals surface area contributed by atoms with Crippen LogP contribution >= 0.6 is 0 Å². The molecule has 0 aliphatic carbocycles. The number of hydrogen-bond donors (Lipinski definition) is 8. The van der Waals surface area contributed by atoms with Crippen molar-refractivity contribution in [3.63, 3.8) is 0 Å². The second-order valence-electron chi connectivity index (χ2n) is 7.52. The summed E-state index contributed by atoms with van der Waals surface area (Å²) in [6, 6.07) is -4.86. The molecule has 2 aromatic rings. The SMILES string of the molecule is CC(NC(=O)C(Cc1cnc[nH]1)NC(=O)C(NC(=O)C(N)Cc1cnc[nH]1)C(C)O)C(=O)O. The number of aromatic nitrogens is 4. The highest BCUT2D eigenvalue weighted by Crippen LogP contribution is 2.04. The Hall–Kier alpha value is -3.78. The molecule has 14 heteroatoms. The third-order valence-corrected chi connectivity index (χ3v) is 4.74. The molecule has 0 saturated carbocycles. The van der Waals surface area contributed by atoms with Gasteiger partial charge in [0.1, 0.15) is 18.1 Å². The van der Waals surface area contributed by atoms with Crippen molar-refractivity contribution in [2.45, 2.75) is 57.0 Å². The first-order chi connectivity index (χ1) is 15.6. The van der Waals surface area contributed by atoms with Gasteiger partial charge < -0.3 is 41.9 Å². The lowest BCUT2D eigenvalue weighted by molar-refractivity contribution is -0.142. The van der Waals surface area contributed by atoms with Crippen LogP contribution in [0.4, 0.5) is 0 Å². The zero-order valence-corrected chi connectivity index (χ0v) is 18.1. The highest BCUT2D eigenvalue weighted by atomic mass is 16.4. The van der Waals surface area contributed by atoms with Gasteiger partial charge in [-0.3, -0.25) is 19.2 Å². The lowest BCUT2D eigenvalue weighted by Crippen LogP contribution is -2.60. The Morgan fingerprint density at radius 1 is 0.939 bits per heavy atom. The molecule has 2 aromatic heterocycles. The molecule has 0 aliphatic heterocycles. The van der Waals surface area contributed by atoms with Gasteiger partial charge in [0.25, 0.3) is 0 Å². The lowest BCUT2D eigenvalue weighted by Gasteiger charge is -2.26. The van der Waals surface area contributed by atoms with E-state index in [9.17, 15) is 24.3 Å². The van der Waals surface area contributed by atoms with Crippen molar-refractivity contribution >= 4 is 23.7 Å². The first-order valence-electron chi connectivity index (χ1n) is 10.1. The van der Waals surface area contributed by atoms with E-state index in [4.69, 9.17) is 10.8 Å². The zero-order chi connectivity index (χ0) is 24.5. The minimum absolute atomic E-state index is 0.0380. The molecular weight excluding hydrogens is 436 g/mol. The summed E-state index contributed by atoms with van der Waals surface area (Å²) in [4.78, 5) is 62.3. The maximum Gasteiger partial charge on any atom is 0.325 e. The van der Waals surface area contributed by atoms with E-state index >= 15 is 0 Å². The van der Waals surface area contributed by atoms with E-state index in [1.807, 2.05) is 0 Å². The standard InChI is InChI=1S/C19H28N8O6/c1-9(19(32)33)25-17(30)14(4-12-6-22-8-24-12)26-18(31)15(10(2)28)27-16(29)13(20)3-11-5-21-7-23-11/h5-10,13-15,28H,3-4,20H2,1-2H3,(H,21,23)(H,22,24)(H,25,30)(H,26,31)(H,27,29)(H,32,33). The highest BCUT2D eigenvalue weighted by Gasteiger charge is 2.32. The number of imidazole rings is 2. The van der Waals surface area contributed by atoms with E-state index in [0.717, 1.165) is 0 Å². The molecule has 9 N–H and O–H groups in total. The molecule has 14 nitrogen and oxygen atoms in total. The van der Waals surface area contributed by atoms with Gasteiger partial charge in [-0.1, -0.05) is 0 Å². The van der Waals surface area contributed by atoms with E-state index < -0.39 is 54.0 Å². The van der Waals surface area contributed by atoms with Crippen LogP contribution in [0, 0.1) is 0 Å². The van der Waals surface area contributed by atoms with Crippen LogP contribution < -0.4 is 21.7 Å². The van der Waals surface area contributed by atoms with Gasteiger partial charge in [0.05, 0.1) is 24.8 Å². The van der Waals surface area contributed by atoms with E-state index in [1.165, 1.54) is 38.9 Å². The van der Waals surface area contributed by atoms with Gasteiger partial charge in [-0.25, -0.2) is 9.97 Å². The summed E-state index contributed by atoms with van der Waals surface area (Å²) in [6.45, 7) is 2.57. The minimum Gasteiger partial charge on any atom is -0.480 e. The quantitative estimate of drug-likeness (QED) is 0.162. The minimum atomic E-state index is -1.42. The zero-order valence-electron chi connectivity index (χ0n) is 18.1. The molecule has 0 aromatic carbocycles. The molecule has 0 bridgehead atoms. The van der Waals surface area contributed by atoms with Crippen LogP contribution in [0.1, 0.15) is 25.2 Å². The summed E-state index contributed by atoms with van der Waals surface area (Å²) in [5.41, 5.74) is 6.98. The molecule has 5 atom stereocenters. The van der Waals surface area contributed by atoms with Gasteiger partial charge in [-0.2, -0.15) is 0 Å². The average molecular weight is 464 g/mol. The number of aliphatic carboxylic acids is 1. The molecule has 3 amide bonds. The first kappa shape index (κ1) is 25.5. The molecule has 33 heavy (non-hydrogen) atoms. The first-order valence-corrected chi connectivity index (χ1v) is 10.1. The number of carbonyl (C=O) groups is 4. The molecule has 0 fully saturated rings. The number of nitrogens with one attached hydrogen (secondary N) is 5. The number of H-pyrrole nitrogens is 2. The van der Waals surface area contributed by atoms with E-state index in [-0.39, 0.29) is 12.8 Å². The maximum atomic E-state index is 12.9. The van der Waals surface area contributed by atoms with Gasteiger partial charge in [0.15, 0.2) is 0 Å². The molecule has 0 aliphatic rings. The second kappa shape index (κ2) is 11.7. The third kappa shape index (κ3) is 7.69. The molecule has 2 heterocycles. The highest BCUT2D eigenvalue weighted by molar-refractivity contribution is 5.94. The van der Waals surface area contributed by atoms with E-state index in [1.54, 1.807) is 0 Å². The molecule has 5 unspecified atom stereocenters. The predicted octanol–water partition coefficient (Wildman–Crippen LogP) is -2.81. The number of carboxylic acid groups (broad SMARTS) is 1. The number of aliphatic hydroxyl groups excluding tert-OH is 1. The molecule has 180 valence electrons. The Labute approximate surface area is 188 Å². The van der Waals surface area contributed by atoms with Gasteiger partial charge in [0, 0.05) is 36.6 Å². The van der Waals surface area contributed by atoms with Crippen LogP contribution in [0.5, 0.6) is 0 Å². The van der Waals surface area contributed by atoms with Crippen molar-refractivity contribution < 1.29 is 29.4 Å². The Morgan fingerprint density at radius 3 is 2.00 bits per heavy atom. The van der Waals surface area contributed by atoms with Crippen LogP contribution in [-0.4, -0.2) is 84.1 Å². The summed E-state index contributed by atoms with van der Waals surface area (Å²) in [5, 5.41) is 26.2. The number of aliphatic hydroxyl groups is 1. The normalized spacial score (nSPS) is 15.5. The number of carbonyl (C=O) groups excluding carboxylic acids is 3. The average Bonchev–Trinajstić information content (AvgIpc) is 3.44. The van der Waals surface area contributed by atoms with Gasteiger partial charge in [-0.05, 0) is 13.8 Å². The summed E-state index contributed by atoms with van der Waals surface area (Å²) in [7, 11) is 0. The van der Waals surface area contributed by atoms with Crippen LogP contribution in [0.3, 0.4) is 0 Å². The van der Waals surface area contributed by atoms with Crippen molar-refractivity contribution in [1.29, 1.82) is 0 Å². The number of aromatic amines is 2. The van der Waals surface area contributed by atoms with Crippen LogP contribution in [-0.2, 0) is 32.0 Å². The Morgan fingerprint density at radius 2 is 1.52 bits per heavy atom. The van der Waals surface area contributed by atoms with Crippen molar-refractivity contribution in [3.05, 3.63) is 36.4 Å². The Balaban J connectivity index is 2.09. The molecular formula is C19H28N8O6. The number of amides is 3. The van der Waals surface area contributed by atoms with Crippen LogP contribution in [0.15, 0.2) is 25.0 Å². The summed E-state index contributed by atoms with van der Waals surface area (Å²) in [6.07, 6.45) is 4.52. The monoisotopic (exact) mass is 464 g/mol. The van der Waals surface area contributed by atoms with E-state index in [2.05, 4.69) is 35.9 Å². The number of rotatable bonds is 12. The second-order valence-corrected chi connectivity index (χ2v) is 7.52. The molecule has 0 spiro atoms. The Kier molecular flexibility index (Phi) is 9.06. The number of carboxylic acids is 1. The lowest BCUT2D eigenvalue weighted by atomic mass is 10.1. The summed E-state index contributed by atoms with van der Waals surface area (Å²) < 4.78 is 0.